The van der Waals surface area contributed by atoms with Gasteiger partial charge in [0.25, 0.3) is 0 Å². The molecule has 0 radical (unpaired) electrons. The predicted octanol–water partition coefficient (Wildman–Crippen LogP) is 8.02. The Balaban J connectivity index is 1.50. The van der Waals surface area contributed by atoms with Crippen LogP contribution < -0.4 is 10.1 Å². The van der Waals surface area contributed by atoms with E-state index in [0.717, 1.165) is 16.0 Å². The molecule has 47 heavy (non-hydrogen) atoms. The van der Waals surface area contributed by atoms with Crippen molar-refractivity contribution in [2.75, 3.05) is 6.61 Å². The Morgan fingerprint density at radius 2 is 1.64 bits per heavy atom. The molecule has 1 amide bonds. The number of benzene rings is 2. The van der Waals surface area contributed by atoms with E-state index in [-0.39, 0.29) is 40.7 Å². The van der Waals surface area contributed by atoms with Gasteiger partial charge in [0, 0.05) is 40.7 Å². The smallest absolute Gasteiger partial charge is 0.325 e. The number of hydrogen-bond acceptors (Lipinski definition) is 7. The number of nitrogens with one attached hydrogen (secondary N) is 1. The van der Waals surface area contributed by atoms with Crippen LogP contribution in [0.25, 0.3) is 22.5 Å². The van der Waals surface area contributed by atoms with Crippen molar-refractivity contribution in [2.24, 2.45) is 11.8 Å². The van der Waals surface area contributed by atoms with Gasteiger partial charge in [0.05, 0.1) is 16.5 Å². The predicted molar refractivity (Wildman–Crippen MR) is 183 cm³/mol. The summed E-state index contributed by atoms with van der Waals surface area (Å²) in [4.78, 5) is 48.4. The van der Waals surface area contributed by atoms with Crippen molar-refractivity contribution >= 4 is 40.6 Å². The maximum atomic E-state index is 14.5. The van der Waals surface area contributed by atoms with Crippen LogP contribution >= 0.6 is 22.9 Å². The first-order valence-corrected chi connectivity index (χ1v) is 16.5. The van der Waals surface area contributed by atoms with Gasteiger partial charge in [0.1, 0.15) is 6.04 Å². The summed E-state index contributed by atoms with van der Waals surface area (Å²) in [6, 6.07) is 13.0. The molecular weight excluding hydrogens is 641 g/mol. The third kappa shape index (κ3) is 9.45. The van der Waals surface area contributed by atoms with Gasteiger partial charge in [-0.3, -0.25) is 14.4 Å². The maximum absolute atomic E-state index is 14.5. The van der Waals surface area contributed by atoms with Gasteiger partial charge in [-0.05, 0) is 60.1 Å². The molecule has 2 heterocycles. The number of hydrogen-bond donors (Lipinski definition) is 2. The minimum atomic E-state index is -1.16. The number of carbonyl (C=O) groups excluding carboxylic acids is 2. The van der Waals surface area contributed by atoms with Gasteiger partial charge in [0.15, 0.2) is 23.2 Å². The third-order valence-electron chi connectivity index (χ3n) is 7.40. The highest BCUT2D eigenvalue weighted by Gasteiger charge is 2.27. The lowest BCUT2D eigenvalue weighted by Crippen LogP contribution is -2.42. The molecule has 248 valence electrons. The molecule has 11 heteroatoms. The molecule has 2 atom stereocenters. The van der Waals surface area contributed by atoms with E-state index in [4.69, 9.17) is 16.3 Å². The summed E-state index contributed by atoms with van der Waals surface area (Å²) in [5, 5.41) is 11.8. The van der Waals surface area contributed by atoms with Crippen LogP contribution in [0.15, 0.2) is 60.9 Å². The van der Waals surface area contributed by atoms with Gasteiger partial charge in [-0.2, -0.15) is 0 Å². The van der Waals surface area contributed by atoms with Gasteiger partial charge < -0.3 is 15.2 Å². The van der Waals surface area contributed by atoms with Gasteiger partial charge in [-0.15, -0.1) is 11.3 Å². The van der Waals surface area contributed by atoms with Crippen molar-refractivity contribution in [3.05, 3.63) is 87.1 Å². The van der Waals surface area contributed by atoms with E-state index in [9.17, 15) is 23.9 Å². The Morgan fingerprint density at radius 1 is 0.979 bits per heavy atom. The largest absolute Gasteiger partial charge is 0.490 e. The quantitative estimate of drug-likeness (QED) is 0.137. The number of carboxylic acids is 1. The Morgan fingerprint density at radius 3 is 2.21 bits per heavy atom. The molecule has 0 aliphatic carbocycles. The number of ketones is 1. The first-order chi connectivity index (χ1) is 22.1. The van der Waals surface area contributed by atoms with Crippen LogP contribution in [0.1, 0.15) is 68.1 Å². The number of thiophene rings is 1. The van der Waals surface area contributed by atoms with Crippen molar-refractivity contribution in [3.63, 3.8) is 0 Å². The molecule has 2 aromatic carbocycles. The minimum Gasteiger partial charge on any atom is -0.490 e. The molecule has 0 aliphatic rings. The zero-order valence-corrected chi connectivity index (χ0v) is 28.8. The van der Waals surface area contributed by atoms with Crippen LogP contribution in [0.2, 0.25) is 5.02 Å². The van der Waals surface area contributed by atoms with Gasteiger partial charge in [-0.1, -0.05) is 70.5 Å². The topological polar surface area (TPSA) is 118 Å². The number of nitrogens with zero attached hydrogens (tertiary/aromatic N) is 2. The number of halogens is 2. The highest BCUT2D eigenvalue weighted by Crippen LogP contribution is 2.33. The Labute approximate surface area is 283 Å². The van der Waals surface area contributed by atoms with Crippen molar-refractivity contribution in [3.8, 4) is 28.3 Å². The molecule has 0 aliphatic heterocycles. The van der Waals surface area contributed by atoms with E-state index in [1.165, 1.54) is 24.3 Å². The second-order valence-corrected chi connectivity index (χ2v) is 14.5. The fourth-order valence-electron chi connectivity index (χ4n) is 4.66. The Bertz CT molecular complexity index is 1730. The molecule has 0 saturated heterocycles. The first kappa shape index (κ1) is 35.7. The number of carbonyl (C=O) groups is 3. The minimum absolute atomic E-state index is 0.0583. The lowest BCUT2D eigenvalue weighted by molar-refractivity contribution is -0.141. The van der Waals surface area contributed by atoms with Crippen LogP contribution in [0.4, 0.5) is 4.39 Å². The van der Waals surface area contributed by atoms with Crippen LogP contribution in [-0.2, 0) is 21.4 Å². The normalized spacial score (nSPS) is 12.9. The summed E-state index contributed by atoms with van der Waals surface area (Å²) in [7, 11) is 0. The van der Waals surface area contributed by atoms with Gasteiger partial charge >= 0.3 is 5.97 Å². The molecule has 4 rings (SSSR count). The maximum Gasteiger partial charge on any atom is 0.325 e. The number of amides is 1. The molecule has 0 saturated carbocycles. The first-order valence-electron chi connectivity index (χ1n) is 15.3. The SMILES string of the molecule is CC(C)COc1cc(-c2cnc(-c3ccc(C[C@H](CC(=O)c4ccc(C(C)(C)C)s4)C(=O)N[C@H](C)C(=O)O)cc3)nc2)cc(Cl)c1F. The molecule has 0 unspecified atom stereocenters. The molecule has 0 spiro atoms. The molecular formula is C36H39ClFN3O5S. The van der Waals surface area contributed by atoms with Gasteiger partial charge in [0.2, 0.25) is 5.91 Å². The highest BCUT2D eigenvalue weighted by atomic mass is 35.5. The second kappa shape index (κ2) is 15.2. The third-order valence-corrected chi connectivity index (χ3v) is 9.23. The monoisotopic (exact) mass is 679 g/mol. The van der Waals surface area contributed by atoms with E-state index in [0.29, 0.717) is 28.4 Å². The second-order valence-electron chi connectivity index (χ2n) is 13.0. The summed E-state index contributed by atoms with van der Waals surface area (Å²) in [6.07, 6.45) is 3.41. The summed E-state index contributed by atoms with van der Waals surface area (Å²) >= 11 is 7.54. The average Bonchev–Trinajstić information content (AvgIpc) is 3.53. The van der Waals surface area contributed by atoms with E-state index in [1.54, 1.807) is 24.5 Å². The number of aromatic nitrogens is 2. The Kier molecular flexibility index (Phi) is 11.5. The molecule has 0 fully saturated rings. The molecule has 0 bridgehead atoms. The summed E-state index contributed by atoms with van der Waals surface area (Å²) in [5.41, 5.74) is 2.66. The van der Waals surface area contributed by atoms with E-state index in [1.807, 2.05) is 44.2 Å². The van der Waals surface area contributed by atoms with E-state index < -0.39 is 29.7 Å². The van der Waals surface area contributed by atoms with Crippen LogP contribution in [0, 0.1) is 17.7 Å². The van der Waals surface area contributed by atoms with E-state index >= 15 is 0 Å². The van der Waals surface area contributed by atoms with Crippen LogP contribution in [0.5, 0.6) is 5.75 Å². The fourth-order valence-corrected chi connectivity index (χ4v) is 5.88. The molecule has 4 aromatic rings. The summed E-state index contributed by atoms with van der Waals surface area (Å²) in [5.74, 6) is -2.48. The summed E-state index contributed by atoms with van der Waals surface area (Å²) in [6.45, 7) is 11.9. The standard InChI is InChI=1S/C36H39ClFN3O5S/c1-20(2)19-46-29-16-24(14-27(37)32(29)38)26-17-39-33(40-18-26)23-9-7-22(8-10-23)13-25(34(43)41-21(3)35(44)45)15-28(42)30-11-12-31(47-30)36(4,5)6/h7-12,14,16-18,20-21,25H,13,15,19H2,1-6H3,(H,41,43)(H,44,45)/t21-,25-/m1/s1. The number of ether oxygens (including phenoxy) is 1. The zero-order valence-electron chi connectivity index (χ0n) is 27.3. The number of carboxylic acid groups (broad SMARTS) is 1. The lowest BCUT2D eigenvalue weighted by atomic mass is 9.92. The molecule has 2 N–H and O–H groups in total. The van der Waals surface area contributed by atoms with Crippen molar-refractivity contribution in [1.82, 2.24) is 15.3 Å². The average molecular weight is 680 g/mol. The number of rotatable bonds is 13. The number of aliphatic carboxylic acids is 1. The van der Waals surface area contributed by atoms with Crippen LogP contribution in [0.3, 0.4) is 0 Å². The van der Waals surface area contributed by atoms with Crippen LogP contribution in [-0.4, -0.2) is 45.4 Å². The zero-order chi connectivity index (χ0) is 34.5. The van der Waals surface area contributed by atoms with Crippen molar-refractivity contribution in [2.45, 2.75) is 65.8 Å². The van der Waals surface area contributed by atoms with Crippen molar-refractivity contribution < 1.29 is 28.6 Å². The molecule has 2 aromatic heterocycles. The Hall–Kier alpha value is -4.15. The summed E-state index contributed by atoms with van der Waals surface area (Å²) < 4.78 is 20.1. The van der Waals surface area contributed by atoms with E-state index in [2.05, 4.69) is 36.1 Å². The van der Waals surface area contributed by atoms with Gasteiger partial charge in [-0.25, -0.2) is 14.4 Å². The highest BCUT2D eigenvalue weighted by molar-refractivity contribution is 7.14. The fraction of sp³-hybridized carbons (Fsp3) is 0.361. The number of Topliss-reactive ketones (excluding diaryl/α,β-unsaturated/α-hetero) is 1. The lowest BCUT2D eigenvalue weighted by Gasteiger charge is -2.18. The van der Waals surface area contributed by atoms with Crippen molar-refractivity contribution in [1.29, 1.82) is 0 Å². The molecule has 8 nitrogen and oxygen atoms in total.